The van der Waals surface area contributed by atoms with Gasteiger partial charge >= 0.3 is 0 Å². The minimum Gasteiger partial charge on any atom is -0.494 e. The quantitative estimate of drug-likeness (QED) is 0.409. The van der Waals surface area contributed by atoms with E-state index in [4.69, 9.17) is 20.3 Å². The average Bonchev–Trinajstić information content (AvgIpc) is 3.28. The number of ether oxygens (including phenoxy) is 2. The van der Waals surface area contributed by atoms with Crippen molar-refractivity contribution in [1.29, 1.82) is 0 Å². The number of hydrogen-bond donors (Lipinski definition) is 3. The van der Waals surface area contributed by atoms with E-state index in [1.165, 1.54) is 0 Å². The number of nitrogens with zero attached hydrogens (tertiary/aromatic N) is 4. The molecule has 2 aliphatic carbocycles. The van der Waals surface area contributed by atoms with E-state index in [1.54, 1.807) is 13.2 Å². The highest BCUT2D eigenvalue weighted by molar-refractivity contribution is 5.99. The molecule has 1 aromatic carbocycles. The normalized spacial score (nSPS) is 22.5. The van der Waals surface area contributed by atoms with Crippen molar-refractivity contribution in [2.24, 2.45) is 11.7 Å². The smallest absolute Gasteiger partial charge is 0.271 e. The van der Waals surface area contributed by atoms with E-state index in [0.717, 1.165) is 62.7 Å². The van der Waals surface area contributed by atoms with Gasteiger partial charge in [0.1, 0.15) is 5.75 Å². The van der Waals surface area contributed by atoms with Gasteiger partial charge < -0.3 is 25.8 Å². The van der Waals surface area contributed by atoms with Gasteiger partial charge in [0, 0.05) is 35.9 Å². The first-order valence-electron chi connectivity index (χ1n) is 13.1. The molecule has 11 nitrogen and oxygen atoms in total. The van der Waals surface area contributed by atoms with E-state index in [-0.39, 0.29) is 35.0 Å². The zero-order chi connectivity index (χ0) is 26.3. The van der Waals surface area contributed by atoms with Crippen molar-refractivity contribution in [3.8, 4) is 16.9 Å². The maximum atomic E-state index is 12.2. The molecule has 2 saturated carbocycles. The molecule has 3 aliphatic rings. The zero-order valence-corrected chi connectivity index (χ0v) is 21.3. The van der Waals surface area contributed by atoms with Crippen LogP contribution in [0.5, 0.6) is 5.75 Å². The number of primary amides is 1. The molecule has 3 fully saturated rings. The van der Waals surface area contributed by atoms with Gasteiger partial charge in [0.25, 0.3) is 5.91 Å². The number of amides is 2. The Hall–Kier alpha value is -3.99. The molecule has 198 valence electrons. The lowest BCUT2D eigenvalue weighted by molar-refractivity contribution is -0.117. The summed E-state index contributed by atoms with van der Waals surface area (Å²) >= 11 is 0. The van der Waals surface area contributed by atoms with Crippen molar-refractivity contribution >= 4 is 29.0 Å². The van der Waals surface area contributed by atoms with Crippen LogP contribution in [-0.4, -0.2) is 51.1 Å². The summed E-state index contributed by atoms with van der Waals surface area (Å²) in [4.78, 5) is 24.3. The van der Waals surface area contributed by atoms with E-state index in [1.807, 2.05) is 29.1 Å². The van der Waals surface area contributed by atoms with Gasteiger partial charge in [-0.3, -0.25) is 14.3 Å². The molecule has 0 unspecified atom stereocenters. The van der Waals surface area contributed by atoms with Gasteiger partial charge in [-0.05, 0) is 51.0 Å². The molecule has 1 saturated heterocycles. The SMILES string of the molecule is COc1c(Nc2cc(NC(=O)C3CC3)nnc2C(N)=O)cccc1-c1cnn([C@H]2CCC[C@@]23CCCO3)c1. The van der Waals surface area contributed by atoms with Gasteiger partial charge in [0.2, 0.25) is 5.91 Å². The first kappa shape index (κ1) is 24.4. The molecule has 1 spiro atoms. The van der Waals surface area contributed by atoms with E-state index in [2.05, 4.69) is 27.0 Å². The lowest BCUT2D eigenvalue weighted by atomic mass is 9.94. The Morgan fingerprint density at radius 1 is 1.16 bits per heavy atom. The molecule has 38 heavy (non-hydrogen) atoms. The van der Waals surface area contributed by atoms with Gasteiger partial charge in [-0.1, -0.05) is 12.1 Å². The molecule has 4 N–H and O–H groups in total. The maximum absolute atomic E-state index is 12.2. The minimum atomic E-state index is -0.740. The molecule has 1 aliphatic heterocycles. The van der Waals surface area contributed by atoms with Crippen molar-refractivity contribution in [2.75, 3.05) is 24.4 Å². The molecule has 2 aromatic heterocycles. The summed E-state index contributed by atoms with van der Waals surface area (Å²) in [6.07, 6.45) is 11.0. The first-order chi connectivity index (χ1) is 18.5. The van der Waals surface area contributed by atoms with Crippen LogP contribution in [0.25, 0.3) is 11.1 Å². The van der Waals surface area contributed by atoms with Gasteiger partial charge in [0.05, 0.1) is 36.3 Å². The topological polar surface area (TPSA) is 146 Å². The van der Waals surface area contributed by atoms with Crippen LogP contribution in [-0.2, 0) is 9.53 Å². The fourth-order valence-electron chi connectivity index (χ4n) is 5.76. The summed E-state index contributed by atoms with van der Waals surface area (Å²) in [5, 5.41) is 18.6. The summed E-state index contributed by atoms with van der Waals surface area (Å²) in [5.41, 5.74) is 8.07. The summed E-state index contributed by atoms with van der Waals surface area (Å²) < 4.78 is 14.1. The van der Waals surface area contributed by atoms with E-state index in [9.17, 15) is 9.59 Å². The molecule has 3 heterocycles. The van der Waals surface area contributed by atoms with Gasteiger partial charge in [-0.25, -0.2) is 0 Å². The van der Waals surface area contributed by atoms with Crippen molar-refractivity contribution < 1.29 is 19.1 Å². The number of carbonyl (C=O) groups is 2. The lowest BCUT2D eigenvalue weighted by Crippen LogP contribution is -2.34. The second kappa shape index (κ2) is 9.71. The number of methoxy groups -OCH3 is 1. The Morgan fingerprint density at radius 3 is 2.74 bits per heavy atom. The van der Waals surface area contributed by atoms with E-state index >= 15 is 0 Å². The van der Waals surface area contributed by atoms with Crippen LogP contribution < -0.4 is 21.1 Å². The van der Waals surface area contributed by atoms with Crippen LogP contribution in [0.15, 0.2) is 36.7 Å². The highest BCUT2D eigenvalue weighted by Crippen LogP contribution is 2.48. The highest BCUT2D eigenvalue weighted by Gasteiger charge is 2.47. The molecule has 11 heteroatoms. The van der Waals surface area contributed by atoms with Crippen molar-refractivity contribution in [3.63, 3.8) is 0 Å². The highest BCUT2D eigenvalue weighted by atomic mass is 16.5. The third-order valence-electron chi connectivity index (χ3n) is 7.77. The number of nitrogens with two attached hydrogens (primary N) is 1. The summed E-state index contributed by atoms with van der Waals surface area (Å²) in [7, 11) is 1.59. The number of rotatable bonds is 8. The standard InChI is InChI=1S/C27H31N7O4/c1-37-24-18(17-14-29-34(15-17)21-7-3-10-27(21)11-4-12-38-27)5-2-6-19(24)30-20-13-22(31-26(36)16-8-9-16)32-33-23(20)25(28)35/h2,5-6,13-16,21H,3-4,7-12H2,1H3,(H2,28,35)(H2,30,31,32,36)/t21-,27+/m0/s1. The largest absolute Gasteiger partial charge is 0.494 e. The van der Waals surface area contributed by atoms with Gasteiger partial charge in [0.15, 0.2) is 11.5 Å². The monoisotopic (exact) mass is 517 g/mol. The van der Waals surface area contributed by atoms with Crippen molar-refractivity contribution in [3.05, 3.63) is 42.4 Å². The Bertz CT molecular complexity index is 1370. The summed E-state index contributed by atoms with van der Waals surface area (Å²) in [5.74, 6) is -0.0376. The Balaban J connectivity index is 1.30. The number of carbonyl (C=O) groups excluding carboxylic acids is 2. The summed E-state index contributed by atoms with van der Waals surface area (Å²) in [6.45, 7) is 0.815. The number of aromatic nitrogens is 4. The molecular weight excluding hydrogens is 486 g/mol. The molecule has 3 aromatic rings. The number of benzene rings is 1. The van der Waals surface area contributed by atoms with Gasteiger partial charge in [-0.2, -0.15) is 5.10 Å². The third-order valence-corrected chi connectivity index (χ3v) is 7.77. The molecule has 6 rings (SSSR count). The fourth-order valence-corrected chi connectivity index (χ4v) is 5.76. The maximum Gasteiger partial charge on any atom is 0.271 e. The second-order valence-corrected chi connectivity index (χ2v) is 10.3. The first-order valence-corrected chi connectivity index (χ1v) is 13.1. The minimum absolute atomic E-state index is 0.000983. The van der Waals surface area contributed by atoms with Crippen molar-refractivity contribution in [1.82, 2.24) is 20.0 Å². The number of anilines is 3. The lowest BCUT2D eigenvalue weighted by Gasteiger charge is -2.30. The molecule has 2 atom stereocenters. The van der Waals surface area contributed by atoms with Crippen LogP contribution in [0.4, 0.5) is 17.2 Å². The molecular formula is C27H31N7O4. The number of hydrogen-bond acceptors (Lipinski definition) is 8. The Kier molecular flexibility index (Phi) is 6.22. The number of nitrogens with one attached hydrogen (secondary N) is 2. The summed E-state index contributed by atoms with van der Waals surface area (Å²) in [6, 6.07) is 7.46. The zero-order valence-electron chi connectivity index (χ0n) is 21.3. The molecule has 0 radical (unpaired) electrons. The van der Waals surface area contributed by atoms with Crippen LogP contribution >= 0.6 is 0 Å². The predicted molar refractivity (Wildman–Crippen MR) is 140 cm³/mol. The Morgan fingerprint density at radius 2 is 2.00 bits per heavy atom. The van der Waals surface area contributed by atoms with Crippen molar-refractivity contribution in [2.45, 2.75) is 56.6 Å². The molecule has 0 bridgehead atoms. The van der Waals surface area contributed by atoms with Crippen LogP contribution in [0.1, 0.15) is 61.5 Å². The van der Waals surface area contributed by atoms with Crippen LogP contribution in [0.2, 0.25) is 0 Å². The van der Waals surface area contributed by atoms with Crippen LogP contribution in [0, 0.1) is 5.92 Å². The third kappa shape index (κ3) is 4.47. The average molecular weight is 518 g/mol. The molecule has 2 amide bonds. The predicted octanol–water partition coefficient (Wildman–Crippen LogP) is 3.81. The Labute approximate surface area is 220 Å². The van der Waals surface area contributed by atoms with Gasteiger partial charge in [-0.15, -0.1) is 10.2 Å². The second-order valence-electron chi connectivity index (χ2n) is 10.3. The van der Waals surface area contributed by atoms with E-state index < -0.39 is 5.91 Å². The van der Waals surface area contributed by atoms with Crippen LogP contribution in [0.3, 0.4) is 0 Å². The number of para-hydroxylation sites is 1. The fraction of sp³-hybridized carbons (Fsp3) is 0.444. The van der Waals surface area contributed by atoms with E-state index in [0.29, 0.717) is 17.1 Å².